The molecular weight excluding hydrogens is 394 g/mol. The Bertz CT molecular complexity index is 1100. The molecule has 0 heterocycles. The largest absolute Gasteiger partial charge is 0.495 e. The molecule has 150 valence electrons. The topological polar surface area (TPSA) is 74.1 Å². The van der Waals surface area contributed by atoms with Gasteiger partial charge in [0.15, 0.2) is 0 Å². The van der Waals surface area contributed by atoms with E-state index >= 15 is 0 Å². The first-order valence-electron chi connectivity index (χ1n) is 9.25. The first-order chi connectivity index (χ1) is 14.6. The number of aryl methyl sites for hydroxylation is 1. The van der Waals surface area contributed by atoms with Crippen molar-refractivity contribution in [1.82, 2.24) is 0 Å². The summed E-state index contributed by atoms with van der Waals surface area (Å²) < 4.78 is 5.28. The normalized spacial score (nSPS) is 10.8. The summed E-state index contributed by atoms with van der Waals surface area (Å²) in [5, 5.41) is 15.3. The van der Waals surface area contributed by atoms with Crippen molar-refractivity contribution in [1.29, 1.82) is 5.26 Å². The molecule has 0 unspecified atom stereocenters. The molecule has 0 fully saturated rings. The predicted molar refractivity (Wildman–Crippen MR) is 121 cm³/mol. The van der Waals surface area contributed by atoms with Crippen LogP contribution in [0.5, 0.6) is 5.75 Å². The molecule has 0 saturated heterocycles. The number of ether oxygens (including phenoxy) is 1. The monoisotopic (exact) mass is 415 g/mol. The molecule has 30 heavy (non-hydrogen) atoms. The van der Waals surface area contributed by atoms with E-state index in [2.05, 4.69) is 10.6 Å². The zero-order valence-corrected chi connectivity index (χ0v) is 17.5. The molecule has 0 radical (unpaired) electrons. The smallest absolute Gasteiger partial charge is 0.267 e. The number of para-hydroxylation sites is 1. The molecule has 2 N–H and O–H groups in total. The number of anilines is 2. The van der Waals surface area contributed by atoms with Crippen LogP contribution in [0.15, 0.2) is 94.4 Å². The van der Waals surface area contributed by atoms with Crippen molar-refractivity contribution in [2.45, 2.75) is 16.7 Å². The molecule has 3 rings (SSSR count). The Balaban J connectivity index is 1.77. The molecular formula is C24H21N3O2S. The number of benzene rings is 3. The minimum Gasteiger partial charge on any atom is -0.495 e. The minimum atomic E-state index is -0.512. The van der Waals surface area contributed by atoms with Gasteiger partial charge in [-0.2, -0.15) is 5.26 Å². The Hall–Kier alpha value is -3.69. The fourth-order valence-corrected chi connectivity index (χ4v) is 3.63. The second-order valence-corrected chi connectivity index (χ2v) is 7.50. The van der Waals surface area contributed by atoms with Crippen molar-refractivity contribution >= 4 is 29.0 Å². The number of nitrogens with zero attached hydrogens (tertiary/aromatic N) is 1. The Labute approximate surface area is 180 Å². The molecule has 6 heteroatoms. The van der Waals surface area contributed by atoms with Crippen LogP contribution in [0.2, 0.25) is 0 Å². The van der Waals surface area contributed by atoms with Crippen molar-refractivity contribution in [3.05, 3.63) is 90.1 Å². The van der Waals surface area contributed by atoms with Crippen LogP contribution in [0, 0.1) is 18.3 Å². The van der Waals surface area contributed by atoms with Gasteiger partial charge in [0.25, 0.3) is 5.91 Å². The van der Waals surface area contributed by atoms with Crippen molar-refractivity contribution in [3.8, 4) is 11.8 Å². The van der Waals surface area contributed by atoms with E-state index in [1.165, 1.54) is 13.3 Å². The third kappa shape index (κ3) is 5.43. The minimum absolute atomic E-state index is 0.0435. The quantitative estimate of drug-likeness (QED) is 0.387. The van der Waals surface area contributed by atoms with E-state index in [-0.39, 0.29) is 5.57 Å². The molecule has 1 amide bonds. The highest BCUT2D eigenvalue weighted by molar-refractivity contribution is 7.99. The predicted octanol–water partition coefficient (Wildman–Crippen LogP) is 5.61. The van der Waals surface area contributed by atoms with Crippen LogP contribution >= 0.6 is 11.8 Å². The fourth-order valence-electron chi connectivity index (χ4n) is 2.70. The maximum atomic E-state index is 12.6. The average molecular weight is 416 g/mol. The van der Waals surface area contributed by atoms with Gasteiger partial charge in [-0.05, 0) is 48.9 Å². The number of rotatable bonds is 7. The molecule has 5 nitrogen and oxygen atoms in total. The van der Waals surface area contributed by atoms with Gasteiger partial charge in [0.2, 0.25) is 0 Å². The Morgan fingerprint density at radius 3 is 2.50 bits per heavy atom. The maximum Gasteiger partial charge on any atom is 0.267 e. The summed E-state index contributed by atoms with van der Waals surface area (Å²) in [7, 11) is 1.53. The van der Waals surface area contributed by atoms with E-state index in [1.807, 2.05) is 73.7 Å². The van der Waals surface area contributed by atoms with Crippen LogP contribution in [-0.2, 0) is 4.79 Å². The van der Waals surface area contributed by atoms with E-state index < -0.39 is 5.91 Å². The molecule has 3 aromatic rings. The van der Waals surface area contributed by atoms with Gasteiger partial charge in [0, 0.05) is 16.0 Å². The van der Waals surface area contributed by atoms with E-state index in [1.54, 1.807) is 23.9 Å². The fraction of sp³-hybridized carbons (Fsp3) is 0.0833. The first-order valence-corrected chi connectivity index (χ1v) is 10.1. The lowest BCUT2D eigenvalue weighted by Crippen LogP contribution is -2.15. The Kier molecular flexibility index (Phi) is 7.14. The van der Waals surface area contributed by atoms with Crippen LogP contribution in [0.3, 0.4) is 0 Å². The van der Waals surface area contributed by atoms with Crippen molar-refractivity contribution < 1.29 is 9.53 Å². The molecule has 0 atom stereocenters. The number of carbonyl (C=O) groups is 1. The summed E-state index contributed by atoms with van der Waals surface area (Å²) in [5.41, 5.74) is 2.25. The molecule has 3 aromatic carbocycles. The van der Waals surface area contributed by atoms with Crippen molar-refractivity contribution in [3.63, 3.8) is 0 Å². The first kappa shape index (κ1) is 21.0. The van der Waals surface area contributed by atoms with E-state index in [0.717, 1.165) is 21.0 Å². The summed E-state index contributed by atoms with van der Waals surface area (Å²) >= 11 is 1.60. The Morgan fingerprint density at radius 2 is 1.77 bits per heavy atom. The number of nitriles is 1. The third-order valence-corrected chi connectivity index (χ3v) is 5.28. The lowest BCUT2D eigenvalue weighted by atomic mass is 10.2. The summed E-state index contributed by atoms with van der Waals surface area (Å²) in [5.74, 6) is 0.0194. The van der Waals surface area contributed by atoms with E-state index in [4.69, 9.17) is 4.74 Å². The highest BCUT2D eigenvalue weighted by Gasteiger charge is 2.13. The van der Waals surface area contributed by atoms with Gasteiger partial charge in [-0.25, -0.2) is 0 Å². The lowest BCUT2D eigenvalue weighted by molar-refractivity contribution is -0.112. The van der Waals surface area contributed by atoms with Crippen molar-refractivity contribution in [2.75, 3.05) is 17.7 Å². The maximum absolute atomic E-state index is 12.6. The van der Waals surface area contributed by atoms with Gasteiger partial charge in [0.1, 0.15) is 17.4 Å². The van der Waals surface area contributed by atoms with Gasteiger partial charge in [0.05, 0.1) is 18.5 Å². The highest BCUT2D eigenvalue weighted by atomic mass is 32.2. The van der Waals surface area contributed by atoms with Crippen molar-refractivity contribution in [2.24, 2.45) is 0 Å². The molecule has 0 spiro atoms. The van der Waals surface area contributed by atoms with E-state index in [0.29, 0.717) is 11.4 Å². The third-order valence-electron chi connectivity index (χ3n) is 4.20. The zero-order chi connectivity index (χ0) is 21.3. The molecule has 0 aliphatic carbocycles. The number of nitrogens with one attached hydrogen (secondary N) is 2. The lowest BCUT2D eigenvalue weighted by Gasteiger charge is -2.11. The highest BCUT2D eigenvalue weighted by Crippen LogP contribution is 2.33. The number of methoxy groups -OCH3 is 1. The summed E-state index contributed by atoms with van der Waals surface area (Å²) in [6, 6.07) is 25.1. The van der Waals surface area contributed by atoms with Gasteiger partial charge in [-0.1, -0.05) is 48.2 Å². The molecule has 0 aliphatic heterocycles. The molecule has 0 aromatic heterocycles. The number of amides is 1. The Morgan fingerprint density at radius 1 is 1.03 bits per heavy atom. The van der Waals surface area contributed by atoms with Gasteiger partial charge >= 0.3 is 0 Å². The van der Waals surface area contributed by atoms with Crippen LogP contribution in [-0.4, -0.2) is 13.0 Å². The van der Waals surface area contributed by atoms with Crippen LogP contribution in [0.4, 0.5) is 11.4 Å². The van der Waals surface area contributed by atoms with Gasteiger partial charge < -0.3 is 15.4 Å². The number of carbonyl (C=O) groups excluding carboxylic acids is 1. The average Bonchev–Trinajstić information content (AvgIpc) is 2.76. The number of hydrogen-bond acceptors (Lipinski definition) is 5. The van der Waals surface area contributed by atoms with Crippen LogP contribution in [0.25, 0.3) is 0 Å². The zero-order valence-electron chi connectivity index (χ0n) is 16.7. The summed E-state index contributed by atoms with van der Waals surface area (Å²) in [6.07, 6.45) is 1.42. The summed E-state index contributed by atoms with van der Waals surface area (Å²) in [6.45, 7) is 1.92. The molecule has 0 aliphatic rings. The summed E-state index contributed by atoms with van der Waals surface area (Å²) in [4.78, 5) is 14.7. The van der Waals surface area contributed by atoms with E-state index in [9.17, 15) is 10.1 Å². The van der Waals surface area contributed by atoms with Crippen LogP contribution in [0.1, 0.15) is 5.56 Å². The molecule has 0 saturated carbocycles. The second-order valence-electron chi connectivity index (χ2n) is 6.38. The van der Waals surface area contributed by atoms with Gasteiger partial charge in [-0.15, -0.1) is 0 Å². The second kappa shape index (κ2) is 10.2. The number of hydrogen-bond donors (Lipinski definition) is 2. The SMILES string of the molecule is COc1ccc(C)cc1NC(=O)/C(C#N)=C\Nc1ccccc1Sc1ccccc1. The molecule has 0 bridgehead atoms. The standard InChI is InChI=1S/C24H21N3O2S/c1-17-12-13-22(29-2)21(14-17)27-24(28)18(15-25)16-26-20-10-6-7-11-23(20)30-19-8-4-3-5-9-19/h3-14,16,26H,1-2H3,(H,27,28)/b18-16-. The van der Waals surface area contributed by atoms with Crippen LogP contribution < -0.4 is 15.4 Å². The van der Waals surface area contributed by atoms with Gasteiger partial charge in [-0.3, -0.25) is 4.79 Å².